The second-order valence-electron chi connectivity index (χ2n) is 4.89. The molecule has 0 saturated carbocycles. The number of carbonyl (C=O) groups is 2. The lowest BCUT2D eigenvalue weighted by atomic mass is 10.0. The van der Waals surface area contributed by atoms with Gasteiger partial charge in [0.05, 0.1) is 10.6 Å². The summed E-state index contributed by atoms with van der Waals surface area (Å²) in [6.45, 7) is 2.04. The molecule has 1 aliphatic rings. The Kier molecular flexibility index (Phi) is 5.41. The predicted molar refractivity (Wildman–Crippen MR) is 79.0 cm³/mol. The Hall–Kier alpha value is -1.79. The molecule has 1 aromatic rings. The third-order valence-corrected chi connectivity index (χ3v) is 3.68. The van der Waals surface area contributed by atoms with Gasteiger partial charge in [-0.15, -0.1) is 0 Å². The number of rotatable bonds is 4. The number of nitrogens with one attached hydrogen (secondary N) is 2. The van der Waals surface area contributed by atoms with Crippen molar-refractivity contribution >= 4 is 29.3 Å². The van der Waals surface area contributed by atoms with Crippen LogP contribution in [-0.4, -0.2) is 36.9 Å². The van der Waals surface area contributed by atoms with Gasteiger partial charge in [-0.05, 0) is 37.0 Å². The molecule has 7 heteroatoms. The lowest BCUT2D eigenvalue weighted by molar-refractivity contribution is 0.0670. The highest BCUT2D eigenvalue weighted by atomic mass is 35.5. The van der Waals surface area contributed by atoms with Gasteiger partial charge >= 0.3 is 12.0 Å². The van der Waals surface area contributed by atoms with Crippen LogP contribution in [0.3, 0.4) is 0 Å². The van der Waals surface area contributed by atoms with Gasteiger partial charge in [-0.25, -0.2) is 9.59 Å². The molecule has 0 spiro atoms. The van der Waals surface area contributed by atoms with Crippen molar-refractivity contribution in [2.75, 3.05) is 25.1 Å². The number of hydrogen-bond donors (Lipinski definition) is 3. The molecule has 2 amide bonds. The van der Waals surface area contributed by atoms with E-state index >= 15 is 0 Å². The molecule has 0 aromatic heterocycles. The highest BCUT2D eigenvalue weighted by Gasteiger charge is 2.15. The Morgan fingerprint density at radius 3 is 2.71 bits per heavy atom. The molecule has 6 nitrogen and oxygen atoms in total. The van der Waals surface area contributed by atoms with Crippen LogP contribution in [0.5, 0.6) is 0 Å². The molecule has 1 aromatic carbocycles. The van der Waals surface area contributed by atoms with Gasteiger partial charge in [-0.2, -0.15) is 0 Å². The highest BCUT2D eigenvalue weighted by molar-refractivity contribution is 6.33. The fourth-order valence-electron chi connectivity index (χ4n) is 2.13. The summed E-state index contributed by atoms with van der Waals surface area (Å²) in [7, 11) is 0. The first kappa shape index (κ1) is 15.6. The molecule has 3 N–H and O–H groups in total. The Morgan fingerprint density at radius 1 is 1.33 bits per heavy atom. The Bertz CT molecular complexity index is 530. The van der Waals surface area contributed by atoms with Crippen molar-refractivity contribution < 1.29 is 19.4 Å². The molecule has 1 fully saturated rings. The third kappa shape index (κ3) is 4.61. The molecule has 2 rings (SSSR count). The van der Waals surface area contributed by atoms with Crippen LogP contribution < -0.4 is 10.6 Å². The van der Waals surface area contributed by atoms with E-state index in [1.807, 2.05) is 0 Å². The normalized spacial score (nSPS) is 15.5. The van der Waals surface area contributed by atoms with Gasteiger partial charge < -0.3 is 20.5 Å². The molecule has 114 valence electrons. The van der Waals surface area contributed by atoms with Crippen LogP contribution in [0.25, 0.3) is 0 Å². The average Bonchev–Trinajstić information content (AvgIpc) is 2.48. The van der Waals surface area contributed by atoms with E-state index in [-0.39, 0.29) is 16.6 Å². The molecule has 0 aliphatic carbocycles. The molecule has 21 heavy (non-hydrogen) atoms. The van der Waals surface area contributed by atoms with E-state index in [9.17, 15) is 9.59 Å². The van der Waals surface area contributed by atoms with Gasteiger partial charge in [-0.1, -0.05) is 11.6 Å². The maximum Gasteiger partial charge on any atom is 0.337 e. The summed E-state index contributed by atoms with van der Waals surface area (Å²) in [6, 6.07) is 3.97. The van der Waals surface area contributed by atoms with Crippen LogP contribution in [0.2, 0.25) is 5.02 Å². The molecular formula is C14H17ClN2O4. The van der Waals surface area contributed by atoms with Gasteiger partial charge in [0.25, 0.3) is 0 Å². The predicted octanol–water partition coefficient (Wildman–Crippen LogP) is 2.59. The number of halogens is 1. The van der Waals surface area contributed by atoms with Crippen LogP contribution in [-0.2, 0) is 4.74 Å². The number of urea groups is 1. The lowest BCUT2D eigenvalue weighted by Crippen LogP contribution is -2.35. The van der Waals surface area contributed by atoms with Crippen LogP contribution in [0.1, 0.15) is 23.2 Å². The maximum absolute atomic E-state index is 11.8. The van der Waals surface area contributed by atoms with Crippen LogP contribution >= 0.6 is 11.6 Å². The lowest BCUT2D eigenvalue weighted by Gasteiger charge is -2.22. The second kappa shape index (κ2) is 7.28. The molecule has 0 radical (unpaired) electrons. The Labute approximate surface area is 127 Å². The maximum atomic E-state index is 11.8. The highest BCUT2D eigenvalue weighted by Crippen LogP contribution is 2.20. The summed E-state index contributed by atoms with van der Waals surface area (Å²) in [6.07, 6.45) is 1.87. The topological polar surface area (TPSA) is 87.7 Å². The molecule has 1 saturated heterocycles. The number of anilines is 1. The number of hydrogen-bond acceptors (Lipinski definition) is 3. The first-order chi connectivity index (χ1) is 10.1. The summed E-state index contributed by atoms with van der Waals surface area (Å²) in [5.41, 5.74) is 0.347. The van der Waals surface area contributed by atoms with Crippen LogP contribution in [0, 0.1) is 5.92 Å². The van der Waals surface area contributed by atoms with Crippen LogP contribution in [0.15, 0.2) is 18.2 Å². The van der Waals surface area contributed by atoms with Crippen LogP contribution in [0.4, 0.5) is 10.5 Å². The van der Waals surface area contributed by atoms with E-state index < -0.39 is 5.97 Å². The minimum Gasteiger partial charge on any atom is -0.478 e. The molecular weight excluding hydrogens is 296 g/mol. The number of ether oxygens (including phenoxy) is 1. The van der Waals surface area contributed by atoms with E-state index in [1.165, 1.54) is 12.1 Å². The fraction of sp³-hybridized carbons (Fsp3) is 0.429. The largest absolute Gasteiger partial charge is 0.478 e. The van der Waals surface area contributed by atoms with Crippen molar-refractivity contribution in [3.05, 3.63) is 28.8 Å². The number of carbonyl (C=O) groups excluding carboxylic acids is 1. The Balaban J connectivity index is 1.87. The fourth-order valence-corrected chi connectivity index (χ4v) is 2.33. The third-order valence-electron chi connectivity index (χ3n) is 3.35. The van der Waals surface area contributed by atoms with E-state index in [0.717, 1.165) is 26.1 Å². The summed E-state index contributed by atoms with van der Waals surface area (Å²) in [4.78, 5) is 22.8. The van der Waals surface area contributed by atoms with Crippen molar-refractivity contribution in [2.45, 2.75) is 12.8 Å². The monoisotopic (exact) mass is 312 g/mol. The number of amides is 2. The summed E-state index contributed by atoms with van der Waals surface area (Å²) >= 11 is 5.77. The number of carboxylic acid groups (broad SMARTS) is 1. The average molecular weight is 313 g/mol. The molecule has 0 unspecified atom stereocenters. The Morgan fingerprint density at radius 2 is 2.05 bits per heavy atom. The number of carboxylic acids is 1. The van der Waals surface area contributed by atoms with Gasteiger partial charge in [0, 0.05) is 25.4 Å². The van der Waals surface area contributed by atoms with E-state index in [4.69, 9.17) is 21.4 Å². The van der Waals surface area contributed by atoms with E-state index in [0.29, 0.717) is 18.2 Å². The van der Waals surface area contributed by atoms with Crippen molar-refractivity contribution in [1.82, 2.24) is 5.32 Å². The van der Waals surface area contributed by atoms with Gasteiger partial charge in [-0.3, -0.25) is 0 Å². The molecule has 1 aliphatic heterocycles. The summed E-state index contributed by atoms with van der Waals surface area (Å²) in [5, 5.41) is 14.5. The SMILES string of the molecule is O=C(NCC1CCOCC1)Nc1ccc(Cl)c(C(=O)O)c1. The number of aromatic carboxylic acids is 1. The molecule has 0 atom stereocenters. The first-order valence-electron chi connectivity index (χ1n) is 6.71. The first-order valence-corrected chi connectivity index (χ1v) is 7.09. The standard InChI is InChI=1S/C14H17ClN2O4/c15-12-2-1-10(7-11(12)13(18)19)17-14(20)16-8-9-3-5-21-6-4-9/h1-2,7,9H,3-6,8H2,(H,18,19)(H2,16,17,20). The van der Waals surface area contributed by atoms with Crippen molar-refractivity contribution in [1.29, 1.82) is 0 Å². The zero-order chi connectivity index (χ0) is 15.2. The quantitative estimate of drug-likeness (QED) is 0.797. The van der Waals surface area contributed by atoms with E-state index in [1.54, 1.807) is 6.07 Å². The number of benzene rings is 1. The van der Waals surface area contributed by atoms with Crippen molar-refractivity contribution in [2.24, 2.45) is 5.92 Å². The minimum atomic E-state index is -1.13. The van der Waals surface area contributed by atoms with Gasteiger partial charge in [0.2, 0.25) is 0 Å². The van der Waals surface area contributed by atoms with Gasteiger partial charge in [0.1, 0.15) is 0 Å². The zero-order valence-electron chi connectivity index (χ0n) is 11.4. The second-order valence-corrected chi connectivity index (χ2v) is 5.30. The van der Waals surface area contributed by atoms with E-state index in [2.05, 4.69) is 10.6 Å². The van der Waals surface area contributed by atoms with Gasteiger partial charge in [0.15, 0.2) is 0 Å². The summed E-state index contributed by atoms with van der Waals surface area (Å²) in [5.74, 6) is -0.712. The molecule has 1 heterocycles. The van der Waals surface area contributed by atoms with Crippen molar-refractivity contribution in [3.8, 4) is 0 Å². The minimum absolute atomic E-state index is 0.0427. The zero-order valence-corrected chi connectivity index (χ0v) is 12.2. The summed E-state index contributed by atoms with van der Waals surface area (Å²) < 4.78 is 5.25. The van der Waals surface area contributed by atoms with Crippen molar-refractivity contribution in [3.63, 3.8) is 0 Å². The smallest absolute Gasteiger partial charge is 0.337 e. The molecule has 0 bridgehead atoms.